The molecule has 75 heavy (non-hydrogen) atoms. The lowest BCUT2D eigenvalue weighted by atomic mass is 9.97. The Labute approximate surface area is 453 Å². The van der Waals surface area contributed by atoms with E-state index in [9.17, 15) is 39.0 Å². The van der Waals surface area contributed by atoms with Gasteiger partial charge in [0.15, 0.2) is 6.29 Å². The maximum absolute atomic E-state index is 12.6. The summed E-state index contributed by atoms with van der Waals surface area (Å²) in [6, 6.07) is -1.58. The van der Waals surface area contributed by atoms with Gasteiger partial charge in [-0.15, -0.1) is 0 Å². The molecule has 0 bridgehead atoms. The monoisotopic (exact) mass is 1090 g/mol. The summed E-state index contributed by atoms with van der Waals surface area (Å²) in [4.78, 5) is 31.9. The first kappa shape index (κ1) is 69.7. The molecule has 13 nitrogen and oxygen atoms in total. The zero-order valence-electron chi connectivity index (χ0n) is 48.2. The van der Waals surface area contributed by atoms with Crippen LogP contribution in [-0.4, -0.2) is 74.9 Å². The molecular weight excluding hydrogens is 989 g/mol. The third-order valence-corrected chi connectivity index (χ3v) is 15.6. The molecule has 1 fully saturated rings. The van der Waals surface area contributed by atoms with Crippen molar-refractivity contribution in [2.45, 2.75) is 230 Å². The van der Waals surface area contributed by atoms with E-state index in [1.165, 1.54) is 55.7 Å². The fourth-order valence-electron chi connectivity index (χ4n) is 7.96. The molecule has 0 aromatic carbocycles. The van der Waals surface area contributed by atoms with Crippen LogP contribution in [0.2, 0.25) is 0 Å². The number of carbonyl (C=O) groups is 1. The van der Waals surface area contributed by atoms with Gasteiger partial charge in [-0.1, -0.05) is 128 Å². The number of carbonyl (C=O) groups excluding carboxylic acids is 1. The summed E-state index contributed by atoms with van der Waals surface area (Å²) in [5, 5.41) is 32.1. The molecule has 0 aromatic rings. The van der Waals surface area contributed by atoms with Crippen molar-refractivity contribution < 1.29 is 57.1 Å². The first-order chi connectivity index (χ1) is 35.2. The van der Waals surface area contributed by atoms with Gasteiger partial charge in [-0.05, 0) is 192 Å². The number of amides is 1. The lowest BCUT2D eigenvalue weighted by Gasteiger charge is -2.42. The standard InChI is InChI=1S/C60H99NO12P2/c1-44(2)35-36-53(11)39-40-54(12)38-37-51(9)33-19-31-49(7)29-17-27-47(5)25-15-23-45(3)21-14-22-46(4)24-16-26-48(6)28-18-30-50(8)32-20-34-52(10)41-42-70-74(66,67)73-75(68,69)72-60-57(61-55(13)63)59(65)58(64)56(43-62)71-60/h21,24-25,28-29,32-33,35,38-39,41,56-60,62,64-65H,14-20,22-23,26-27,30-31,34,36-37,40,42-43H2,1-13H3,(H,61,63)(H,66,67)(H,68,69)/b45-21+,46-24+,47-25+,48-28+,49-29+,50-32+,51-33+,52-41+,53-39+,54-38+/t56-,57-,58+,59-,60+/m1/s1. The predicted molar refractivity (Wildman–Crippen MR) is 309 cm³/mol. The molecule has 0 aliphatic carbocycles. The van der Waals surface area contributed by atoms with Crippen LogP contribution in [0.25, 0.3) is 0 Å². The van der Waals surface area contributed by atoms with E-state index in [-0.39, 0.29) is 0 Å². The van der Waals surface area contributed by atoms with E-state index in [0.29, 0.717) is 6.42 Å². The molecule has 0 aromatic heterocycles. The molecule has 1 aliphatic rings. The van der Waals surface area contributed by atoms with Gasteiger partial charge in [0.25, 0.3) is 0 Å². The number of phosphoric ester groups is 2. The van der Waals surface area contributed by atoms with Gasteiger partial charge in [0, 0.05) is 6.92 Å². The van der Waals surface area contributed by atoms with Gasteiger partial charge in [-0.2, -0.15) is 4.31 Å². The van der Waals surface area contributed by atoms with E-state index < -0.39 is 65.4 Å². The molecule has 1 saturated heterocycles. The minimum Gasteiger partial charge on any atom is -0.394 e. The summed E-state index contributed by atoms with van der Waals surface area (Å²) in [6.45, 7) is 26.0. The average Bonchev–Trinajstić information content (AvgIpc) is 3.31. The van der Waals surface area contributed by atoms with Gasteiger partial charge in [0.1, 0.15) is 24.4 Å². The Morgan fingerprint density at radius 3 is 1.16 bits per heavy atom. The SMILES string of the molecule is CC(=O)N[C@H]1[C@H](OP(=O)(O)OP(=O)(O)OC/C=C(\C)CC/C=C(\C)CC/C=C(\C)CC/C=C(\C)CC/C=C(\C)CC/C=C(\C)CC/C=C(\C)CC/C=C(\C)C/C=C(\C)C/C=C(\C)CC=C(C)C)O[C@H](CO)[C@H](O)[C@@H]1O. The Morgan fingerprint density at radius 2 is 0.813 bits per heavy atom. The van der Waals surface area contributed by atoms with E-state index in [1.807, 2.05) is 6.92 Å². The molecular formula is C60H99NO12P2. The molecule has 15 heteroatoms. The van der Waals surface area contributed by atoms with Gasteiger partial charge >= 0.3 is 15.6 Å². The Morgan fingerprint density at radius 1 is 0.480 bits per heavy atom. The van der Waals surface area contributed by atoms with Gasteiger partial charge in [0.2, 0.25) is 5.91 Å². The molecule has 2 unspecified atom stereocenters. The molecule has 7 atom stereocenters. The van der Waals surface area contributed by atoms with Crippen molar-refractivity contribution >= 4 is 21.6 Å². The topological polar surface area (TPSA) is 201 Å². The van der Waals surface area contributed by atoms with E-state index in [0.717, 1.165) is 115 Å². The van der Waals surface area contributed by atoms with Crippen LogP contribution in [0.15, 0.2) is 128 Å². The first-order valence-corrected chi connectivity index (χ1v) is 30.0. The predicted octanol–water partition coefficient (Wildman–Crippen LogP) is 15.2. The Hall–Kier alpha value is -3.29. The average molecular weight is 1090 g/mol. The van der Waals surface area contributed by atoms with Crippen molar-refractivity contribution in [3.8, 4) is 0 Å². The van der Waals surface area contributed by atoms with Gasteiger partial charge < -0.3 is 35.2 Å². The van der Waals surface area contributed by atoms with E-state index in [1.54, 1.807) is 6.08 Å². The summed E-state index contributed by atoms with van der Waals surface area (Å²) in [6.07, 6.45) is 35.6. The van der Waals surface area contributed by atoms with E-state index in [2.05, 4.69) is 147 Å². The number of rotatable bonds is 36. The van der Waals surface area contributed by atoms with E-state index >= 15 is 0 Å². The Kier molecular flexibility index (Phi) is 35.6. The number of hydrogen-bond acceptors (Lipinski definition) is 10. The normalized spacial score (nSPS) is 22.0. The second-order valence-corrected chi connectivity index (χ2v) is 24.0. The smallest absolute Gasteiger partial charge is 0.394 e. The van der Waals surface area contributed by atoms with Crippen molar-refractivity contribution in [1.29, 1.82) is 0 Å². The van der Waals surface area contributed by atoms with E-state index in [4.69, 9.17) is 13.8 Å². The molecule has 426 valence electrons. The maximum Gasteiger partial charge on any atom is 0.483 e. The minimum absolute atomic E-state index is 0.407. The molecule has 1 rings (SSSR count). The lowest BCUT2D eigenvalue weighted by Crippen LogP contribution is -2.64. The fourth-order valence-corrected chi connectivity index (χ4v) is 10.1. The highest BCUT2D eigenvalue weighted by Gasteiger charge is 2.49. The van der Waals surface area contributed by atoms with Crippen molar-refractivity contribution in [2.75, 3.05) is 13.2 Å². The summed E-state index contributed by atoms with van der Waals surface area (Å²) >= 11 is 0. The number of aliphatic hydroxyl groups is 3. The summed E-state index contributed by atoms with van der Waals surface area (Å²) in [5.41, 5.74) is 15.1. The summed E-state index contributed by atoms with van der Waals surface area (Å²) in [7, 11) is -10.6. The second-order valence-electron chi connectivity index (χ2n) is 21.0. The largest absolute Gasteiger partial charge is 0.483 e. The Balaban J connectivity index is 2.36. The van der Waals surface area contributed by atoms with Crippen molar-refractivity contribution in [2.24, 2.45) is 0 Å². The number of phosphoric acid groups is 2. The maximum atomic E-state index is 12.6. The third-order valence-electron chi connectivity index (χ3n) is 13.0. The van der Waals surface area contributed by atoms with Gasteiger partial charge in [0.05, 0.1) is 13.2 Å². The fraction of sp³-hybridized carbons (Fsp3) is 0.617. The first-order valence-electron chi connectivity index (χ1n) is 27.0. The summed E-state index contributed by atoms with van der Waals surface area (Å²) < 4.78 is 44.4. The molecule has 6 N–H and O–H groups in total. The number of hydrogen-bond donors (Lipinski definition) is 6. The lowest BCUT2D eigenvalue weighted by molar-refractivity contribution is -0.247. The van der Waals surface area contributed by atoms with Crippen LogP contribution in [0, 0.1) is 0 Å². The number of ether oxygens (including phenoxy) is 1. The highest BCUT2D eigenvalue weighted by Crippen LogP contribution is 2.61. The molecule has 1 amide bonds. The number of nitrogens with one attached hydrogen (secondary N) is 1. The quantitative estimate of drug-likeness (QED) is 0.0256. The van der Waals surface area contributed by atoms with Crippen LogP contribution in [0.5, 0.6) is 0 Å². The molecule has 1 aliphatic heterocycles. The van der Waals surface area contributed by atoms with Gasteiger partial charge in [-0.25, -0.2) is 9.13 Å². The highest BCUT2D eigenvalue weighted by atomic mass is 31.3. The van der Waals surface area contributed by atoms with Crippen molar-refractivity contribution in [3.63, 3.8) is 0 Å². The van der Waals surface area contributed by atoms with Crippen LogP contribution in [-0.2, 0) is 32.0 Å². The molecule has 0 spiro atoms. The minimum atomic E-state index is -5.42. The number of aliphatic hydroxyl groups excluding tert-OH is 3. The molecule has 0 saturated carbocycles. The second kappa shape index (κ2) is 38.3. The third kappa shape index (κ3) is 35.0. The van der Waals surface area contributed by atoms with Crippen LogP contribution in [0.3, 0.4) is 0 Å². The summed E-state index contributed by atoms with van der Waals surface area (Å²) in [5.74, 6) is -0.708. The molecule has 1 heterocycles. The number of allylic oxidation sites excluding steroid dienone is 21. The van der Waals surface area contributed by atoms with Crippen LogP contribution < -0.4 is 5.32 Å². The molecule has 0 radical (unpaired) electrons. The van der Waals surface area contributed by atoms with Gasteiger partial charge in [-0.3, -0.25) is 13.8 Å². The Bertz CT molecular complexity index is 2200. The highest BCUT2D eigenvalue weighted by molar-refractivity contribution is 7.61. The zero-order chi connectivity index (χ0) is 56.6. The van der Waals surface area contributed by atoms with Crippen molar-refractivity contribution in [3.05, 3.63) is 128 Å². The van der Waals surface area contributed by atoms with Crippen LogP contribution in [0.1, 0.15) is 199 Å². The van der Waals surface area contributed by atoms with Crippen LogP contribution in [0.4, 0.5) is 0 Å². The zero-order valence-corrected chi connectivity index (χ0v) is 49.9. The van der Waals surface area contributed by atoms with Crippen molar-refractivity contribution in [1.82, 2.24) is 5.32 Å². The van der Waals surface area contributed by atoms with Crippen LogP contribution >= 0.6 is 15.6 Å².